The Hall–Kier alpha value is -1.79. The zero-order chi connectivity index (χ0) is 12.1. The number of benzene rings is 1. The largest absolute Gasteiger partial charge is 0.345 e. The lowest BCUT2D eigenvalue weighted by molar-refractivity contribution is 0.0827. The predicted octanol–water partition coefficient (Wildman–Crippen LogP) is 1.01. The van der Waals surface area contributed by atoms with Gasteiger partial charge in [0.05, 0.1) is 12.1 Å². The van der Waals surface area contributed by atoms with Gasteiger partial charge in [0.1, 0.15) is 0 Å². The molecule has 0 aliphatic heterocycles. The number of carbonyl (C=O) groups excluding carboxylic acids is 1. The summed E-state index contributed by atoms with van der Waals surface area (Å²) in [4.78, 5) is 13.5. The molecule has 0 unspecified atom stereocenters. The number of hydrogen-bond acceptors (Lipinski definition) is 2. The van der Waals surface area contributed by atoms with Gasteiger partial charge in [0.15, 0.2) is 0 Å². The fourth-order valence-corrected chi connectivity index (χ4v) is 1.33. The summed E-state index contributed by atoms with van der Waals surface area (Å²) in [5, 5.41) is 0. The van der Waals surface area contributed by atoms with E-state index in [0.29, 0.717) is 12.1 Å². The maximum atomic E-state index is 11.9. The summed E-state index contributed by atoms with van der Waals surface area (Å²) < 4.78 is 0. The van der Waals surface area contributed by atoms with Gasteiger partial charge in [-0.15, -0.1) is 0 Å². The standard InChI is InChI=1S/C13H16N2O/c1-10-6-7-11(5-4-8-14)12(9-10)13(16)15(2)3/h6-7,9H,8,14H2,1-3H3. The summed E-state index contributed by atoms with van der Waals surface area (Å²) in [5.74, 6) is 5.64. The molecule has 3 nitrogen and oxygen atoms in total. The summed E-state index contributed by atoms with van der Waals surface area (Å²) in [6.45, 7) is 2.25. The van der Waals surface area contributed by atoms with Crippen molar-refractivity contribution < 1.29 is 4.79 Å². The second-order valence-electron chi connectivity index (χ2n) is 3.75. The molecule has 0 saturated carbocycles. The quantitative estimate of drug-likeness (QED) is 0.712. The summed E-state index contributed by atoms with van der Waals surface area (Å²) >= 11 is 0. The van der Waals surface area contributed by atoms with E-state index in [0.717, 1.165) is 11.1 Å². The molecule has 0 bridgehead atoms. The van der Waals surface area contributed by atoms with E-state index in [-0.39, 0.29) is 5.91 Å². The highest BCUT2D eigenvalue weighted by Gasteiger charge is 2.11. The van der Waals surface area contributed by atoms with Crippen molar-refractivity contribution in [3.05, 3.63) is 34.9 Å². The van der Waals surface area contributed by atoms with Gasteiger partial charge in [-0.3, -0.25) is 4.79 Å². The lowest BCUT2D eigenvalue weighted by Crippen LogP contribution is -2.22. The fourth-order valence-electron chi connectivity index (χ4n) is 1.33. The molecule has 1 aromatic carbocycles. The molecule has 0 aliphatic rings. The van der Waals surface area contributed by atoms with Gasteiger partial charge in [0.2, 0.25) is 0 Å². The van der Waals surface area contributed by atoms with Gasteiger partial charge in [0.25, 0.3) is 5.91 Å². The lowest BCUT2D eigenvalue weighted by Gasteiger charge is -2.12. The van der Waals surface area contributed by atoms with Crippen molar-refractivity contribution in [2.75, 3.05) is 20.6 Å². The van der Waals surface area contributed by atoms with Crippen molar-refractivity contribution in [2.24, 2.45) is 5.73 Å². The zero-order valence-electron chi connectivity index (χ0n) is 9.87. The molecule has 0 atom stereocenters. The van der Waals surface area contributed by atoms with Crippen LogP contribution in [0.4, 0.5) is 0 Å². The molecule has 84 valence electrons. The van der Waals surface area contributed by atoms with Crippen LogP contribution >= 0.6 is 0 Å². The van der Waals surface area contributed by atoms with E-state index in [2.05, 4.69) is 11.8 Å². The van der Waals surface area contributed by atoms with Crippen molar-refractivity contribution >= 4 is 5.91 Å². The van der Waals surface area contributed by atoms with E-state index in [1.165, 1.54) is 0 Å². The highest BCUT2D eigenvalue weighted by Crippen LogP contribution is 2.12. The molecule has 0 saturated heterocycles. The van der Waals surface area contributed by atoms with E-state index >= 15 is 0 Å². The fraction of sp³-hybridized carbons (Fsp3) is 0.308. The van der Waals surface area contributed by atoms with E-state index in [9.17, 15) is 4.79 Å². The third-order valence-corrected chi connectivity index (χ3v) is 2.14. The Bertz CT molecular complexity index is 453. The van der Waals surface area contributed by atoms with Crippen LogP contribution < -0.4 is 5.73 Å². The van der Waals surface area contributed by atoms with E-state index < -0.39 is 0 Å². The molecule has 1 aromatic rings. The molecule has 2 N–H and O–H groups in total. The summed E-state index contributed by atoms with van der Waals surface area (Å²) in [5.41, 5.74) is 7.73. The van der Waals surface area contributed by atoms with Gasteiger partial charge < -0.3 is 10.6 Å². The second kappa shape index (κ2) is 5.34. The number of amides is 1. The normalized spacial score (nSPS) is 9.25. The first-order chi connectivity index (χ1) is 7.56. The number of hydrogen-bond donors (Lipinski definition) is 1. The smallest absolute Gasteiger partial charge is 0.254 e. The van der Waals surface area contributed by atoms with Crippen LogP contribution in [0, 0.1) is 18.8 Å². The monoisotopic (exact) mass is 216 g/mol. The molecule has 0 heterocycles. The van der Waals surface area contributed by atoms with Gasteiger partial charge in [-0.25, -0.2) is 0 Å². The van der Waals surface area contributed by atoms with E-state index in [1.807, 2.05) is 25.1 Å². The Labute approximate surface area is 96.2 Å². The Morgan fingerprint density at radius 2 is 2.12 bits per heavy atom. The molecule has 1 amide bonds. The van der Waals surface area contributed by atoms with Crippen molar-refractivity contribution in [1.82, 2.24) is 4.90 Å². The molecule has 1 rings (SSSR count). The van der Waals surface area contributed by atoms with Crippen LogP contribution in [0.25, 0.3) is 0 Å². The zero-order valence-corrected chi connectivity index (χ0v) is 9.87. The van der Waals surface area contributed by atoms with Crippen LogP contribution in [0.1, 0.15) is 21.5 Å². The van der Waals surface area contributed by atoms with Gasteiger partial charge in [-0.05, 0) is 19.1 Å². The van der Waals surface area contributed by atoms with Crippen molar-refractivity contribution in [3.8, 4) is 11.8 Å². The van der Waals surface area contributed by atoms with Crippen LogP contribution in [0.3, 0.4) is 0 Å². The SMILES string of the molecule is Cc1ccc(C#CCN)c(C(=O)N(C)C)c1. The molecule has 0 spiro atoms. The Morgan fingerprint density at radius 3 is 2.69 bits per heavy atom. The van der Waals surface area contributed by atoms with Crippen LogP contribution in [0.15, 0.2) is 18.2 Å². The maximum Gasteiger partial charge on any atom is 0.254 e. The number of rotatable bonds is 1. The Morgan fingerprint density at radius 1 is 1.44 bits per heavy atom. The second-order valence-corrected chi connectivity index (χ2v) is 3.75. The molecule has 0 aromatic heterocycles. The van der Waals surface area contributed by atoms with Crippen molar-refractivity contribution in [1.29, 1.82) is 0 Å². The minimum Gasteiger partial charge on any atom is -0.345 e. The van der Waals surface area contributed by atoms with Crippen LogP contribution in [0.2, 0.25) is 0 Å². The minimum absolute atomic E-state index is 0.0370. The Balaban J connectivity index is 3.23. The molecular formula is C13H16N2O. The van der Waals surface area contributed by atoms with Gasteiger partial charge >= 0.3 is 0 Å². The third kappa shape index (κ3) is 2.85. The molecule has 0 radical (unpaired) electrons. The number of aryl methyl sites for hydroxylation is 1. The molecule has 3 heteroatoms. The first-order valence-electron chi connectivity index (χ1n) is 5.07. The molecular weight excluding hydrogens is 200 g/mol. The van der Waals surface area contributed by atoms with E-state index in [4.69, 9.17) is 5.73 Å². The van der Waals surface area contributed by atoms with Gasteiger partial charge in [0, 0.05) is 19.7 Å². The molecule has 0 fully saturated rings. The highest BCUT2D eigenvalue weighted by atomic mass is 16.2. The van der Waals surface area contributed by atoms with Gasteiger partial charge in [-0.1, -0.05) is 23.5 Å². The minimum atomic E-state index is -0.0370. The molecule has 16 heavy (non-hydrogen) atoms. The third-order valence-electron chi connectivity index (χ3n) is 2.14. The van der Waals surface area contributed by atoms with Crippen LogP contribution in [-0.2, 0) is 0 Å². The first-order valence-corrected chi connectivity index (χ1v) is 5.07. The average Bonchev–Trinajstić information content (AvgIpc) is 2.26. The summed E-state index contributed by atoms with van der Waals surface area (Å²) in [7, 11) is 3.45. The number of nitrogens with zero attached hydrogens (tertiary/aromatic N) is 1. The maximum absolute atomic E-state index is 11.9. The lowest BCUT2D eigenvalue weighted by atomic mass is 10.0. The highest BCUT2D eigenvalue weighted by molar-refractivity contribution is 5.96. The van der Waals surface area contributed by atoms with E-state index in [1.54, 1.807) is 19.0 Å². The van der Waals surface area contributed by atoms with Crippen LogP contribution in [0.5, 0.6) is 0 Å². The van der Waals surface area contributed by atoms with Crippen molar-refractivity contribution in [3.63, 3.8) is 0 Å². The van der Waals surface area contributed by atoms with Crippen molar-refractivity contribution in [2.45, 2.75) is 6.92 Å². The van der Waals surface area contributed by atoms with Gasteiger partial charge in [-0.2, -0.15) is 0 Å². The average molecular weight is 216 g/mol. The number of carbonyl (C=O) groups is 1. The van der Waals surface area contributed by atoms with Crippen LogP contribution in [-0.4, -0.2) is 31.4 Å². The summed E-state index contributed by atoms with van der Waals surface area (Å²) in [6, 6.07) is 5.64. The number of nitrogens with two attached hydrogens (primary N) is 1. The Kier molecular flexibility index (Phi) is 4.10. The topological polar surface area (TPSA) is 46.3 Å². The molecule has 0 aliphatic carbocycles. The first kappa shape index (κ1) is 12.3. The summed E-state index contributed by atoms with van der Waals surface area (Å²) in [6.07, 6.45) is 0. The predicted molar refractivity (Wildman–Crippen MR) is 65.1 cm³/mol.